The number of ether oxygens (including phenoxy) is 1. The average molecular weight is 333 g/mol. The van der Waals surface area contributed by atoms with E-state index >= 15 is 0 Å². The first kappa shape index (κ1) is 16.1. The number of rotatable bonds is 5. The molecule has 1 aliphatic rings. The standard InChI is InChI=1S/C11H19N5O3S2/c1-4-19-11-14-9(12-2)13-10(15-11)16-5-6-20-7-8(16)21(3,17)18/h8H,4-7H2,1-3H3,(H,12,13,14,15). The number of aromatic nitrogens is 3. The SMILES string of the molecule is CCOc1nc(NC)nc(N2CCSCC2S(C)(=O)=O)n1. The van der Waals surface area contributed by atoms with Gasteiger partial charge < -0.3 is 15.0 Å². The number of thioether (sulfide) groups is 1. The third kappa shape index (κ3) is 3.88. The summed E-state index contributed by atoms with van der Waals surface area (Å²) in [5.41, 5.74) is 0. The van der Waals surface area contributed by atoms with Gasteiger partial charge in [0, 0.05) is 31.4 Å². The molecule has 0 bridgehead atoms. The van der Waals surface area contributed by atoms with Crippen LogP contribution in [-0.2, 0) is 9.84 Å². The van der Waals surface area contributed by atoms with Crippen LogP contribution in [0.1, 0.15) is 6.92 Å². The monoisotopic (exact) mass is 333 g/mol. The Kier molecular flexibility index (Phi) is 5.09. The largest absolute Gasteiger partial charge is 0.464 e. The van der Waals surface area contributed by atoms with Gasteiger partial charge in [-0.15, -0.1) is 0 Å². The van der Waals surface area contributed by atoms with Crippen molar-refractivity contribution in [3.05, 3.63) is 0 Å². The van der Waals surface area contributed by atoms with Crippen LogP contribution in [0.3, 0.4) is 0 Å². The molecule has 1 atom stereocenters. The quantitative estimate of drug-likeness (QED) is 0.812. The molecule has 1 aromatic heterocycles. The summed E-state index contributed by atoms with van der Waals surface area (Å²) in [4.78, 5) is 14.3. The van der Waals surface area contributed by atoms with Crippen molar-refractivity contribution in [1.82, 2.24) is 15.0 Å². The summed E-state index contributed by atoms with van der Waals surface area (Å²) >= 11 is 1.61. The molecular formula is C11H19N5O3S2. The number of hydrogen-bond acceptors (Lipinski definition) is 9. The van der Waals surface area contributed by atoms with Gasteiger partial charge in [-0.3, -0.25) is 0 Å². The van der Waals surface area contributed by atoms with Gasteiger partial charge >= 0.3 is 6.01 Å². The third-order valence-electron chi connectivity index (χ3n) is 2.94. The molecule has 1 saturated heterocycles. The zero-order chi connectivity index (χ0) is 15.5. The Labute approximate surface area is 128 Å². The van der Waals surface area contributed by atoms with Crippen LogP contribution in [-0.4, -0.2) is 66.7 Å². The summed E-state index contributed by atoms with van der Waals surface area (Å²) in [6, 6.07) is 0.192. The van der Waals surface area contributed by atoms with E-state index in [0.29, 0.717) is 30.8 Å². The van der Waals surface area contributed by atoms with E-state index in [1.807, 2.05) is 6.92 Å². The van der Waals surface area contributed by atoms with Crippen molar-refractivity contribution in [3.8, 4) is 6.01 Å². The minimum Gasteiger partial charge on any atom is -0.464 e. The predicted octanol–water partition coefficient (Wildman–Crippen LogP) is 0.236. The van der Waals surface area contributed by atoms with E-state index < -0.39 is 15.2 Å². The molecule has 0 saturated carbocycles. The minimum atomic E-state index is -3.22. The normalized spacial score (nSPS) is 19.4. The Hall–Kier alpha value is -1.29. The fourth-order valence-corrected chi connectivity index (χ4v) is 4.76. The lowest BCUT2D eigenvalue weighted by molar-refractivity contribution is 0.312. The number of nitrogens with zero attached hydrogens (tertiary/aromatic N) is 4. The van der Waals surface area contributed by atoms with Gasteiger partial charge in [0.15, 0.2) is 9.84 Å². The maximum absolute atomic E-state index is 12.0. The molecule has 118 valence electrons. The van der Waals surface area contributed by atoms with Crippen LogP contribution in [0.15, 0.2) is 0 Å². The lowest BCUT2D eigenvalue weighted by atomic mass is 10.5. The van der Waals surface area contributed by atoms with E-state index in [2.05, 4.69) is 20.3 Å². The van der Waals surface area contributed by atoms with Crippen molar-refractivity contribution in [1.29, 1.82) is 0 Å². The van der Waals surface area contributed by atoms with E-state index in [1.165, 1.54) is 6.26 Å². The Morgan fingerprint density at radius 2 is 2.19 bits per heavy atom. The molecule has 1 unspecified atom stereocenters. The maximum atomic E-state index is 12.0. The Balaban J connectivity index is 2.40. The lowest BCUT2D eigenvalue weighted by Crippen LogP contribution is -2.47. The van der Waals surface area contributed by atoms with Crippen molar-refractivity contribution in [2.45, 2.75) is 12.3 Å². The van der Waals surface area contributed by atoms with Crippen LogP contribution in [0.2, 0.25) is 0 Å². The first-order valence-corrected chi connectivity index (χ1v) is 9.66. The summed E-state index contributed by atoms with van der Waals surface area (Å²) in [5.74, 6) is 2.02. The zero-order valence-corrected chi connectivity index (χ0v) is 13.9. The van der Waals surface area contributed by atoms with Crippen LogP contribution in [0.4, 0.5) is 11.9 Å². The van der Waals surface area contributed by atoms with Gasteiger partial charge in [0.2, 0.25) is 11.9 Å². The highest BCUT2D eigenvalue weighted by Crippen LogP contribution is 2.25. The van der Waals surface area contributed by atoms with Crippen LogP contribution < -0.4 is 15.0 Å². The molecule has 21 heavy (non-hydrogen) atoms. The molecule has 1 fully saturated rings. The molecule has 10 heteroatoms. The number of nitrogens with one attached hydrogen (secondary N) is 1. The van der Waals surface area contributed by atoms with Crippen LogP contribution in [0, 0.1) is 0 Å². The van der Waals surface area contributed by atoms with E-state index in [-0.39, 0.29) is 6.01 Å². The van der Waals surface area contributed by atoms with Gasteiger partial charge in [0.25, 0.3) is 0 Å². The molecule has 0 radical (unpaired) electrons. The van der Waals surface area contributed by atoms with Gasteiger partial charge in [0.05, 0.1) is 6.61 Å². The number of sulfone groups is 1. The highest BCUT2D eigenvalue weighted by Gasteiger charge is 2.33. The highest BCUT2D eigenvalue weighted by molar-refractivity contribution is 8.01. The van der Waals surface area contributed by atoms with E-state index in [0.717, 1.165) is 5.75 Å². The van der Waals surface area contributed by atoms with E-state index in [1.54, 1.807) is 23.7 Å². The second-order valence-corrected chi connectivity index (χ2v) is 7.83. The highest BCUT2D eigenvalue weighted by atomic mass is 32.2. The van der Waals surface area contributed by atoms with Crippen molar-refractivity contribution in [3.63, 3.8) is 0 Å². The van der Waals surface area contributed by atoms with Gasteiger partial charge in [-0.2, -0.15) is 26.7 Å². The van der Waals surface area contributed by atoms with Crippen LogP contribution >= 0.6 is 11.8 Å². The van der Waals surface area contributed by atoms with Gasteiger partial charge in [-0.25, -0.2) is 8.42 Å². The van der Waals surface area contributed by atoms with Crippen LogP contribution in [0.25, 0.3) is 0 Å². The molecule has 0 spiro atoms. The third-order valence-corrected chi connectivity index (χ3v) is 5.58. The van der Waals surface area contributed by atoms with Crippen LogP contribution in [0.5, 0.6) is 6.01 Å². The maximum Gasteiger partial charge on any atom is 0.323 e. The minimum absolute atomic E-state index is 0.192. The van der Waals surface area contributed by atoms with Crippen molar-refractivity contribution in [2.24, 2.45) is 0 Å². The second kappa shape index (κ2) is 6.65. The van der Waals surface area contributed by atoms with Crippen molar-refractivity contribution >= 4 is 33.5 Å². The molecule has 1 N–H and O–H groups in total. The van der Waals surface area contributed by atoms with Crippen molar-refractivity contribution in [2.75, 3.05) is 48.2 Å². The zero-order valence-electron chi connectivity index (χ0n) is 12.2. The molecule has 2 heterocycles. The molecular weight excluding hydrogens is 314 g/mol. The van der Waals surface area contributed by atoms with Gasteiger partial charge in [-0.1, -0.05) is 0 Å². The number of anilines is 2. The van der Waals surface area contributed by atoms with Gasteiger partial charge in [-0.05, 0) is 6.92 Å². The van der Waals surface area contributed by atoms with Gasteiger partial charge in [0.1, 0.15) is 5.37 Å². The van der Waals surface area contributed by atoms with E-state index in [9.17, 15) is 8.42 Å². The Morgan fingerprint density at radius 1 is 1.43 bits per heavy atom. The molecule has 1 aliphatic heterocycles. The molecule has 2 rings (SSSR count). The summed E-state index contributed by atoms with van der Waals surface area (Å²) in [6.45, 7) is 2.83. The first-order chi connectivity index (χ1) is 9.95. The molecule has 0 aromatic carbocycles. The Morgan fingerprint density at radius 3 is 2.81 bits per heavy atom. The summed E-state index contributed by atoms with van der Waals surface area (Å²) < 4.78 is 29.2. The molecule has 1 aromatic rings. The topological polar surface area (TPSA) is 97.3 Å². The summed E-state index contributed by atoms with van der Waals surface area (Å²) in [6.07, 6.45) is 1.24. The fraction of sp³-hybridized carbons (Fsp3) is 0.727. The molecule has 0 aliphatic carbocycles. The first-order valence-electron chi connectivity index (χ1n) is 6.55. The lowest BCUT2D eigenvalue weighted by Gasteiger charge is -2.34. The predicted molar refractivity (Wildman–Crippen MR) is 83.8 cm³/mol. The van der Waals surface area contributed by atoms with Crippen molar-refractivity contribution < 1.29 is 13.2 Å². The fourth-order valence-electron chi connectivity index (χ4n) is 1.94. The van der Waals surface area contributed by atoms with E-state index in [4.69, 9.17) is 4.74 Å². The molecule has 0 amide bonds. The molecule has 8 nitrogen and oxygen atoms in total. The number of hydrogen-bond donors (Lipinski definition) is 1. The second-order valence-electron chi connectivity index (χ2n) is 4.48. The smallest absolute Gasteiger partial charge is 0.323 e. The average Bonchev–Trinajstić information content (AvgIpc) is 2.46. The summed E-state index contributed by atoms with van der Waals surface area (Å²) in [5, 5.41) is 2.21. The summed E-state index contributed by atoms with van der Waals surface area (Å²) in [7, 11) is -1.54. The Bertz CT molecular complexity index is 596.